The molecular weight excluding hydrogens is 539 g/mol. The molecule has 3 aromatic rings. The Morgan fingerprint density at radius 3 is 2.06 bits per heavy atom. The number of carbonyl (C=O) groups is 1. The van der Waals surface area contributed by atoms with Gasteiger partial charge in [-0.1, -0.05) is 42.5 Å². The second-order valence-electron chi connectivity index (χ2n) is 6.60. The van der Waals surface area contributed by atoms with Gasteiger partial charge in [0.2, 0.25) is 0 Å². The van der Waals surface area contributed by atoms with Gasteiger partial charge in [0.1, 0.15) is 17.2 Å². The highest BCUT2D eigenvalue weighted by molar-refractivity contribution is 14.1. The highest BCUT2D eigenvalue weighted by Gasteiger charge is 2.14. The summed E-state index contributed by atoms with van der Waals surface area (Å²) in [6.07, 6.45) is 2.17. The molecule has 7 heteroatoms. The maximum atomic E-state index is 10.7. The van der Waals surface area contributed by atoms with Crippen LogP contribution >= 0.6 is 34.4 Å². The average Bonchev–Trinajstić information content (AvgIpc) is 2.81. The number of thioether (sulfide) groups is 1. The van der Waals surface area contributed by atoms with Crippen LogP contribution in [-0.2, 0) is 4.79 Å². The highest BCUT2D eigenvalue weighted by atomic mass is 127. The number of hydrogen-bond acceptors (Lipinski definition) is 5. The number of ether oxygens (including phenoxy) is 3. The third kappa shape index (κ3) is 6.20. The molecule has 0 atom stereocenters. The number of rotatable bonds is 10. The highest BCUT2D eigenvalue weighted by Crippen LogP contribution is 2.36. The molecule has 0 amide bonds. The van der Waals surface area contributed by atoms with Crippen LogP contribution in [0.4, 0.5) is 0 Å². The van der Waals surface area contributed by atoms with Crippen molar-refractivity contribution in [1.29, 1.82) is 0 Å². The van der Waals surface area contributed by atoms with Crippen LogP contribution in [0.5, 0.6) is 17.2 Å². The maximum absolute atomic E-state index is 10.7. The van der Waals surface area contributed by atoms with Gasteiger partial charge in [0.25, 0.3) is 0 Å². The lowest BCUT2D eigenvalue weighted by molar-refractivity contribution is -0.139. The third-order valence-electron chi connectivity index (χ3n) is 4.59. The van der Waals surface area contributed by atoms with E-state index >= 15 is 0 Å². The van der Waals surface area contributed by atoms with Crippen molar-refractivity contribution in [2.24, 2.45) is 0 Å². The van der Waals surface area contributed by atoms with Crippen LogP contribution in [0.15, 0.2) is 77.7 Å². The summed E-state index contributed by atoms with van der Waals surface area (Å²) in [5.41, 5.74) is 3.02. The van der Waals surface area contributed by atoms with Gasteiger partial charge in [0, 0.05) is 21.8 Å². The topological polar surface area (TPSA) is 65.0 Å². The monoisotopic (exact) mass is 562 g/mol. The molecule has 0 radical (unpaired) electrons. The fraction of sp³-hybridized carbons (Fsp3) is 0.160. The van der Waals surface area contributed by atoms with Crippen LogP contribution in [0.1, 0.15) is 11.1 Å². The molecule has 3 rings (SSSR count). The summed E-state index contributed by atoms with van der Waals surface area (Å²) in [7, 11) is 3.34. The minimum atomic E-state index is -0.996. The van der Waals surface area contributed by atoms with Gasteiger partial charge < -0.3 is 19.3 Å². The number of carboxylic acids is 1. The minimum absolute atomic E-state index is 0.355. The normalized spacial score (nSPS) is 10.3. The summed E-state index contributed by atoms with van der Waals surface area (Å²) in [6.45, 7) is -0.355. The van der Waals surface area contributed by atoms with Gasteiger partial charge in [0.05, 0.1) is 17.8 Å². The Morgan fingerprint density at radius 2 is 1.53 bits per heavy atom. The molecule has 32 heavy (non-hydrogen) atoms. The Bertz CT molecular complexity index is 1060. The second-order valence-corrected chi connectivity index (χ2v) is 8.86. The first kappa shape index (κ1) is 24.0. The maximum Gasteiger partial charge on any atom is 0.341 e. The van der Waals surface area contributed by atoms with Crippen LogP contribution < -0.4 is 14.2 Å². The molecule has 0 heterocycles. The van der Waals surface area contributed by atoms with Crippen molar-refractivity contribution in [3.05, 3.63) is 87.5 Å². The molecule has 0 bridgehead atoms. The molecule has 1 N–H and O–H groups in total. The van der Waals surface area contributed by atoms with Crippen molar-refractivity contribution >= 4 is 45.9 Å². The standard InChI is InChI=1S/C25H23IO5S/c1-29-22-9-5-3-7-19(22)18(20-8-4-6-10-23(20)30-2)13-14-32-17-11-12-24(21(26)15-17)31-16-25(27)28/h3-13,15H,14,16H2,1-2H3,(H,27,28). The lowest BCUT2D eigenvalue weighted by atomic mass is 9.96. The lowest BCUT2D eigenvalue weighted by Crippen LogP contribution is -2.10. The van der Waals surface area contributed by atoms with Gasteiger partial charge in [-0.2, -0.15) is 0 Å². The third-order valence-corrected chi connectivity index (χ3v) is 6.35. The molecule has 3 aromatic carbocycles. The number of halogens is 1. The first-order chi connectivity index (χ1) is 15.5. The summed E-state index contributed by atoms with van der Waals surface area (Å²) in [4.78, 5) is 11.8. The molecule has 0 aliphatic carbocycles. The molecule has 0 aliphatic rings. The van der Waals surface area contributed by atoms with Crippen LogP contribution in [0, 0.1) is 3.57 Å². The number of carboxylic acid groups (broad SMARTS) is 1. The summed E-state index contributed by atoms with van der Waals surface area (Å²) in [6, 6.07) is 21.6. The van der Waals surface area contributed by atoms with Crippen molar-refractivity contribution < 1.29 is 24.1 Å². The van der Waals surface area contributed by atoms with E-state index in [1.807, 2.05) is 60.7 Å². The fourth-order valence-electron chi connectivity index (χ4n) is 3.15. The molecule has 0 saturated carbocycles. The molecule has 0 saturated heterocycles. The van der Waals surface area contributed by atoms with Gasteiger partial charge in [-0.05, 0) is 58.5 Å². The number of para-hydroxylation sites is 2. The Kier molecular flexibility index (Phi) is 8.87. The molecule has 5 nitrogen and oxygen atoms in total. The zero-order valence-corrected chi connectivity index (χ0v) is 20.7. The van der Waals surface area contributed by atoms with Crippen LogP contribution in [0.3, 0.4) is 0 Å². The molecule has 0 aromatic heterocycles. The van der Waals surface area contributed by atoms with Gasteiger partial charge in [-0.25, -0.2) is 4.79 Å². The molecular formula is C25H23IO5S. The zero-order valence-electron chi connectivity index (χ0n) is 17.7. The molecule has 0 aliphatic heterocycles. The predicted molar refractivity (Wildman–Crippen MR) is 136 cm³/mol. The first-order valence-corrected chi connectivity index (χ1v) is 11.8. The lowest BCUT2D eigenvalue weighted by Gasteiger charge is -2.16. The van der Waals surface area contributed by atoms with E-state index in [0.717, 1.165) is 42.4 Å². The summed E-state index contributed by atoms with van der Waals surface area (Å²) < 4.78 is 17.4. The van der Waals surface area contributed by atoms with Crippen molar-refractivity contribution in [2.45, 2.75) is 4.90 Å². The van der Waals surface area contributed by atoms with Gasteiger partial charge in [-0.3, -0.25) is 0 Å². The van der Waals surface area contributed by atoms with Crippen molar-refractivity contribution in [3.63, 3.8) is 0 Å². The SMILES string of the molecule is COc1ccccc1C(=CCSc1ccc(OCC(=O)O)c(I)c1)c1ccccc1OC. The predicted octanol–water partition coefficient (Wildman–Crippen LogP) is 6.00. The second kappa shape index (κ2) is 11.8. The van der Waals surface area contributed by atoms with Crippen molar-refractivity contribution in [2.75, 3.05) is 26.6 Å². The first-order valence-electron chi connectivity index (χ1n) is 9.77. The molecule has 0 unspecified atom stereocenters. The van der Waals surface area contributed by atoms with E-state index in [4.69, 9.17) is 19.3 Å². The molecule has 0 fully saturated rings. The Labute approximate surface area is 205 Å². The Balaban J connectivity index is 1.87. The average molecular weight is 562 g/mol. The van der Waals surface area contributed by atoms with E-state index in [9.17, 15) is 4.79 Å². The molecule has 0 spiro atoms. The Hall–Kier alpha value is -2.65. The van der Waals surface area contributed by atoms with Crippen molar-refractivity contribution in [1.82, 2.24) is 0 Å². The summed E-state index contributed by atoms with van der Waals surface area (Å²) >= 11 is 3.83. The summed E-state index contributed by atoms with van der Waals surface area (Å²) in [5.74, 6) is 1.88. The van der Waals surface area contributed by atoms with Crippen LogP contribution in [0.2, 0.25) is 0 Å². The number of aliphatic carboxylic acids is 1. The zero-order chi connectivity index (χ0) is 22.9. The Morgan fingerprint density at radius 1 is 0.938 bits per heavy atom. The van der Waals surface area contributed by atoms with Gasteiger partial charge in [0.15, 0.2) is 6.61 Å². The number of methoxy groups -OCH3 is 2. The van der Waals surface area contributed by atoms with E-state index < -0.39 is 5.97 Å². The smallest absolute Gasteiger partial charge is 0.341 e. The van der Waals surface area contributed by atoms with Crippen molar-refractivity contribution in [3.8, 4) is 17.2 Å². The largest absolute Gasteiger partial charge is 0.496 e. The fourth-order valence-corrected chi connectivity index (χ4v) is 4.84. The summed E-state index contributed by atoms with van der Waals surface area (Å²) in [5, 5.41) is 8.80. The van der Waals surface area contributed by atoms with E-state index in [2.05, 4.69) is 28.7 Å². The van der Waals surface area contributed by atoms with E-state index in [-0.39, 0.29) is 6.61 Å². The van der Waals surface area contributed by atoms with E-state index in [0.29, 0.717) is 5.75 Å². The quantitative estimate of drug-likeness (QED) is 0.242. The van der Waals surface area contributed by atoms with E-state index in [1.54, 1.807) is 32.0 Å². The number of hydrogen-bond donors (Lipinski definition) is 1. The number of benzene rings is 3. The molecule has 166 valence electrons. The van der Waals surface area contributed by atoms with Crippen LogP contribution in [0.25, 0.3) is 5.57 Å². The van der Waals surface area contributed by atoms with Crippen LogP contribution in [-0.4, -0.2) is 37.7 Å². The van der Waals surface area contributed by atoms with Gasteiger partial charge in [-0.15, -0.1) is 11.8 Å². The van der Waals surface area contributed by atoms with E-state index in [1.165, 1.54) is 0 Å². The van der Waals surface area contributed by atoms with Gasteiger partial charge >= 0.3 is 5.97 Å². The minimum Gasteiger partial charge on any atom is -0.496 e.